The maximum absolute atomic E-state index is 12.1. The number of carbonyl (C=O) groups is 2. The van der Waals surface area contributed by atoms with Crippen molar-refractivity contribution in [2.45, 2.75) is 25.8 Å². The number of ether oxygens (including phenoxy) is 1. The molecule has 2 heterocycles. The predicted octanol–water partition coefficient (Wildman–Crippen LogP) is 2.57. The molecule has 1 fully saturated rings. The van der Waals surface area contributed by atoms with Crippen LogP contribution < -0.4 is 5.32 Å². The van der Waals surface area contributed by atoms with Crippen LogP contribution >= 0.6 is 22.9 Å². The number of thiophene rings is 1. The van der Waals surface area contributed by atoms with Crippen molar-refractivity contribution in [1.82, 2.24) is 15.1 Å². The van der Waals surface area contributed by atoms with Crippen molar-refractivity contribution in [1.29, 1.82) is 0 Å². The first-order valence-electron chi connectivity index (χ1n) is 8.14. The molecular formula is C16H24ClN3O3S. The lowest BCUT2D eigenvalue weighted by molar-refractivity contribution is -0.140. The van der Waals surface area contributed by atoms with E-state index in [0.29, 0.717) is 13.0 Å². The highest BCUT2D eigenvalue weighted by atomic mass is 35.5. The second kappa shape index (κ2) is 9.86. The van der Waals surface area contributed by atoms with Crippen LogP contribution in [0, 0.1) is 0 Å². The molecule has 0 bridgehead atoms. The molecule has 24 heavy (non-hydrogen) atoms. The minimum atomic E-state index is -0.204. The molecule has 8 heteroatoms. The number of rotatable bonds is 7. The summed E-state index contributed by atoms with van der Waals surface area (Å²) in [6, 6.07) is 3.96. The minimum Gasteiger partial charge on any atom is -0.469 e. The van der Waals surface area contributed by atoms with Gasteiger partial charge in [0.1, 0.15) is 0 Å². The predicted molar refractivity (Wildman–Crippen MR) is 95.4 cm³/mol. The zero-order chi connectivity index (χ0) is 17.4. The number of carbonyl (C=O) groups excluding carboxylic acids is 2. The van der Waals surface area contributed by atoms with Crippen LogP contribution in [0.1, 0.15) is 24.1 Å². The van der Waals surface area contributed by atoms with E-state index in [0.717, 1.165) is 49.9 Å². The van der Waals surface area contributed by atoms with Gasteiger partial charge in [0.2, 0.25) is 0 Å². The van der Waals surface area contributed by atoms with Crippen LogP contribution in [0.3, 0.4) is 0 Å². The molecule has 1 aliphatic heterocycles. The molecule has 134 valence electrons. The second-order valence-corrected chi connectivity index (χ2v) is 7.53. The average molecular weight is 374 g/mol. The van der Waals surface area contributed by atoms with Gasteiger partial charge in [-0.3, -0.25) is 9.69 Å². The first-order valence-corrected chi connectivity index (χ1v) is 9.34. The van der Waals surface area contributed by atoms with Gasteiger partial charge >= 0.3 is 12.0 Å². The summed E-state index contributed by atoms with van der Waals surface area (Å²) in [5, 5.41) is 2.91. The standard InChI is InChI=1S/C16H24ClN3O3S/c1-23-15(21)4-2-3-7-18-16(22)20-10-8-19(9-11-20)12-13-5-6-14(17)24-13/h5-6H,2-4,7-12H2,1H3,(H,18,22). The number of nitrogens with zero attached hydrogens (tertiary/aromatic N) is 2. The molecule has 2 amide bonds. The Morgan fingerprint density at radius 1 is 1.25 bits per heavy atom. The van der Waals surface area contributed by atoms with E-state index in [-0.39, 0.29) is 12.0 Å². The van der Waals surface area contributed by atoms with Gasteiger partial charge in [-0.25, -0.2) is 4.79 Å². The van der Waals surface area contributed by atoms with E-state index in [1.165, 1.54) is 12.0 Å². The summed E-state index contributed by atoms with van der Waals surface area (Å²) in [5.41, 5.74) is 0. The molecule has 1 saturated heterocycles. The number of halogens is 1. The zero-order valence-corrected chi connectivity index (χ0v) is 15.5. The third-order valence-corrected chi connectivity index (χ3v) is 5.20. The SMILES string of the molecule is COC(=O)CCCCNC(=O)N1CCN(Cc2ccc(Cl)s2)CC1. The lowest BCUT2D eigenvalue weighted by Crippen LogP contribution is -2.51. The summed E-state index contributed by atoms with van der Waals surface area (Å²) in [6.45, 7) is 4.67. The molecule has 6 nitrogen and oxygen atoms in total. The number of urea groups is 1. The maximum atomic E-state index is 12.1. The summed E-state index contributed by atoms with van der Waals surface area (Å²) in [4.78, 5) is 28.5. The van der Waals surface area contributed by atoms with E-state index < -0.39 is 0 Å². The first-order chi connectivity index (χ1) is 11.6. The smallest absolute Gasteiger partial charge is 0.317 e. The Hall–Kier alpha value is -1.31. The topological polar surface area (TPSA) is 61.9 Å². The third kappa shape index (κ3) is 6.30. The fourth-order valence-corrected chi connectivity index (χ4v) is 3.70. The van der Waals surface area contributed by atoms with Gasteiger partial charge in [-0.05, 0) is 25.0 Å². The molecular weight excluding hydrogens is 350 g/mol. The first kappa shape index (κ1) is 19.0. The van der Waals surface area contributed by atoms with Crippen LogP contribution in [-0.2, 0) is 16.1 Å². The van der Waals surface area contributed by atoms with E-state index in [4.69, 9.17) is 11.6 Å². The van der Waals surface area contributed by atoms with Crippen LogP contribution in [-0.4, -0.2) is 61.6 Å². The van der Waals surface area contributed by atoms with Gasteiger partial charge in [-0.2, -0.15) is 0 Å². The van der Waals surface area contributed by atoms with Crippen LogP contribution in [0.4, 0.5) is 4.79 Å². The highest BCUT2D eigenvalue weighted by Crippen LogP contribution is 2.23. The van der Waals surface area contributed by atoms with Crippen molar-refractivity contribution in [2.75, 3.05) is 39.8 Å². The summed E-state index contributed by atoms with van der Waals surface area (Å²) in [6.07, 6.45) is 1.90. The van der Waals surface area contributed by atoms with Crippen LogP contribution in [0.5, 0.6) is 0 Å². The Labute approximate surface area is 151 Å². The monoisotopic (exact) mass is 373 g/mol. The van der Waals surface area contributed by atoms with E-state index in [2.05, 4.69) is 21.0 Å². The number of piperazine rings is 1. The number of esters is 1. The van der Waals surface area contributed by atoms with Gasteiger partial charge < -0.3 is 15.0 Å². The molecule has 0 spiro atoms. The van der Waals surface area contributed by atoms with E-state index in [9.17, 15) is 9.59 Å². The molecule has 0 aliphatic carbocycles. The van der Waals surface area contributed by atoms with Gasteiger partial charge in [0, 0.05) is 50.6 Å². The van der Waals surface area contributed by atoms with Crippen molar-refractivity contribution in [3.8, 4) is 0 Å². The van der Waals surface area contributed by atoms with Crippen molar-refractivity contribution in [2.24, 2.45) is 0 Å². The highest BCUT2D eigenvalue weighted by molar-refractivity contribution is 7.16. The number of hydrogen-bond donors (Lipinski definition) is 1. The van der Waals surface area contributed by atoms with Gasteiger partial charge in [-0.1, -0.05) is 11.6 Å². The third-order valence-electron chi connectivity index (χ3n) is 3.98. The van der Waals surface area contributed by atoms with E-state index in [1.807, 2.05) is 11.0 Å². The van der Waals surface area contributed by atoms with Crippen LogP contribution in [0.25, 0.3) is 0 Å². The lowest BCUT2D eigenvalue weighted by atomic mass is 10.2. The minimum absolute atomic E-state index is 0.0214. The summed E-state index contributed by atoms with van der Waals surface area (Å²) < 4.78 is 5.40. The maximum Gasteiger partial charge on any atom is 0.317 e. The van der Waals surface area contributed by atoms with Crippen molar-refractivity contribution >= 4 is 34.9 Å². The fraction of sp³-hybridized carbons (Fsp3) is 0.625. The Bertz CT molecular complexity index is 544. The molecule has 0 saturated carbocycles. The number of nitrogens with one attached hydrogen (secondary N) is 1. The largest absolute Gasteiger partial charge is 0.469 e. The van der Waals surface area contributed by atoms with Crippen LogP contribution in [0.2, 0.25) is 4.34 Å². The highest BCUT2D eigenvalue weighted by Gasteiger charge is 2.21. The number of amides is 2. The molecule has 0 aromatic carbocycles. The summed E-state index contributed by atoms with van der Waals surface area (Å²) in [5.74, 6) is -0.204. The van der Waals surface area contributed by atoms with Crippen molar-refractivity contribution in [3.63, 3.8) is 0 Å². The van der Waals surface area contributed by atoms with Gasteiger partial charge in [0.25, 0.3) is 0 Å². The molecule has 2 rings (SSSR count). The van der Waals surface area contributed by atoms with Crippen LogP contribution in [0.15, 0.2) is 12.1 Å². The van der Waals surface area contributed by atoms with E-state index >= 15 is 0 Å². The molecule has 1 N–H and O–H groups in total. The van der Waals surface area contributed by atoms with E-state index in [1.54, 1.807) is 11.3 Å². The second-order valence-electron chi connectivity index (χ2n) is 5.73. The number of hydrogen-bond acceptors (Lipinski definition) is 5. The summed E-state index contributed by atoms with van der Waals surface area (Å²) in [7, 11) is 1.39. The number of unbranched alkanes of at least 4 members (excludes halogenated alkanes) is 1. The van der Waals surface area contributed by atoms with Crippen molar-refractivity contribution in [3.05, 3.63) is 21.3 Å². The summed E-state index contributed by atoms with van der Waals surface area (Å²) >= 11 is 7.56. The van der Waals surface area contributed by atoms with Gasteiger partial charge in [0.05, 0.1) is 11.4 Å². The Morgan fingerprint density at radius 2 is 2.00 bits per heavy atom. The molecule has 1 aromatic heterocycles. The normalized spacial score (nSPS) is 15.3. The number of methoxy groups -OCH3 is 1. The molecule has 1 aliphatic rings. The quantitative estimate of drug-likeness (QED) is 0.589. The average Bonchev–Trinajstić information content (AvgIpc) is 2.99. The fourth-order valence-electron chi connectivity index (χ4n) is 2.57. The Balaban J connectivity index is 1.59. The lowest BCUT2D eigenvalue weighted by Gasteiger charge is -2.34. The molecule has 0 atom stereocenters. The Morgan fingerprint density at radius 3 is 2.62 bits per heavy atom. The Kier molecular flexibility index (Phi) is 7.81. The zero-order valence-electron chi connectivity index (χ0n) is 13.9. The van der Waals surface area contributed by atoms with Gasteiger partial charge in [-0.15, -0.1) is 11.3 Å². The van der Waals surface area contributed by atoms with Gasteiger partial charge in [0.15, 0.2) is 0 Å². The molecule has 1 aromatic rings. The molecule has 0 unspecified atom stereocenters. The molecule has 0 radical (unpaired) electrons. The van der Waals surface area contributed by atoms with Crippen molar-refractivity contribution < 1.29 is 14.3 Å².